The molecule has 0 aliphatic heterocycles. The molecule has 0 bridgehead atoms. The molecule has 0 aromatic heterocycles. The van der Waals surface area contributed by atoms with Crippen LogP contribution in [0.5, 0.6) is 0 Å². The van der Waals surface area contributed by atoms with Crippen molar-refractivity contribution in [2.45, 2.75) is 13.3 Å². The maximum Gasteiger partial charge on any atom is 0.00893 e. The molecule has 1 aromatic carbocycles. The highest BCUT2D eigenvalue weighted by Gasteiger charge is 2.22. The smallest absolute Gasteiger partial charge is 0.00893 e. The first-order chi connectivity index (χ1) is 7.34. The minimum absolute atomic E-state index is 0.616. The van der Waals surface area contributed by atoms with Crippen LogP contribution in [-0.2, 0) is 6.42 Å². The van der Waals surface area contributed by atoms with Crippen molar-refractivity contribution >= 4 is 6.08 Å². The van der Waals surface area contributed by atoms with Gasteiger partial charge in [0, 0.05) is 5.92 Å². The number of fused-ring (bicyclic) bond motifs is 2. The first kappa shape index (κ1) is 8.72. The van der Waals surface area contributed by atoms with Crippen LogP contribution in [0.4, 0.5) is 0 Å². The van der Waals surface area contributed by atoms with E-state index in [9.17, 15) is 0 Å². The lowest BCUT2D eigenvalue weighted by Crippen LogP contribution is -2.15. The second-order valence-corrected chi connectivity index (χ2v) is 4.37. The molecule has 0 spiro atoms. The first-order valence-corrected chi connectivity index (χ1v) is 5.49. The number of allylic oxidation sites excluding steroid dienone is 5. The number of benzene rings is 1. The van der Waals surface area contributed by atoms with Crippen LogP contribution in [0.25, 0.3) is 6.08 Å². The van der Waals surface area contributed by atoms with E-state index < -0.39 is 0 Å². The van der Waals surface area contributed by atoms with Crippen LogP contribution in [0.3, 0.4) is 0 Å². The topological polar surface area (TPSA) is 0 Å². The molecule has 0 saturated carbocycles. The molecule has 0 radical (unpaired) electrons. The monoisotopic (exact) mass is 194 g/mol. The van der Waals surface area contributed by atoms with Crippen molar-refractivity contribution in [1.82, 2.24) is 0 Å². The maximum atomic E-state index is 2.33. The summed E-state index contributed by atoms with van der Waals surface area (Å²) in [5.41, 5.74) is 5.82. The van der Waals surface area contributed by atoms with Crippen molar-refractivity contribution in [2.75, 3.05) is 0 Å². The van der Waals surface area contributed by atoms with E-state index in [2.05, 4.69) is 55.5 Å². The third-order valence-electron chi connectivity index (χ3n) is 3.40. The first-order valence-electron chi connectivity index (χ1n) is 5.49. The second kappa shape index (κ2) is 3.23. The Balaban J connectivity index is 2.13. The Morgan fingerprint density at radius 3 is 3.00 bits per heavy atom. The van der Waals surface area contributed by atoms with Crippen LogP contribution < -0.4 is 0 Å². The molecular weight excluding hydrogens is 180 g/mol. The van der Waals surface area contributed by atoms with Gasteiger partial charge in [0.1, 0.15) is 0 Å². The fourth-order valence-corrected chi connectivity index (χ4v) is 2.49. The van der Waals surface area contributed by atoms with Gasteiger partial charge in [0.05, 0.1) is 0 Å². The summed E-state index contributed by atoms with van der Waals surface area (Å²) in [6.45, 7) is 2.23. The average molecular weight is 194 g/mol. The Morgan fingerprint density at radius 1 is 1.20 bits per heavy atom. The molecule has 0 saturated heterocycles. The lowest BCUT2D eigenvalue weighted by molar-refractivity contribution is 0.711. The Kier molecular flexibility index (Phi) is 1.88. The molecule has 0 amide bonds. The van der Waals surface area contributed by atoms with Crippen LogP contribution in [0.2, 0.25) is 0 Å². The lowest BCUT2D eigenvalue weighted by Gasteiger charge is -2.27. The van der Waals surface area contributed by atoms with E-state index >= 15 is 0 Å². The molecule has 74 valence electrons. The largest absolute Gasteiger partial charge is 0.0655 e. The second-order valence-electron chi connectivity index (χ2n) is 4.37. The van der Waals surface area contributed by atoms with Crippen LogP contribution in [-0.4, -0.2) is 0 Å². The van der Waals surface area contributed by atoms with Gasteiger partial charge in [0.2, 0.25) is 0 Å². The van der Waals surface area contributed by atoms with E-state index in [1.807, 2.05) is 0 Å². The van der Waals surface area contributed by atoms with Gasteiger partial charge in [-0.25, -0.2) is 0 Å². The molecule has 0 heteroatoms. The third-order valence-corrected chi connectivity index (χ3v) is 3.40. The summed E-state index contributed by atoms with van der Waals surface area (Å²) in [5.74, 6) is 0.616. The van der Waals surface area contributed by atoms with E-state index in [0.29, 0.717) is 5.92 Å². The predicted molar refractivity (Wildman–Crippen MR) is 64.5 cm³/mol. The quantitative estimate of drug-likeness (QED) is 0.590. The molecule has 15 heavy (non-hydrogen) atoms. The molecular formula is C15H14. The van der Waals surface area contributed by atoms with Crippen LogP contribution in [0, 0.1) is 5.92 Å². The molecule has 3 rings (SSSR count). The van der Waals surface area contributed by atoms with E-state index in [1.54, 1.807) is 0 Å². The summed E-state index contributed by atoms with van der Waals surface area (Å²) in [5, 5.41) is 0. The van der Waals surface area contributed by atoms with Gasteiger partial charge < -0.3 is 0 Å². The third kappa shape index (κ3) is 1.37. The SMILES string of the molecule is CC1=CC=CC2=Cc3ccccc3CC12. The fourth-order valence-electron chi connectivity index (χ4n) is 2.49. The van der Waals surface area contributed by atoms with Crippen LogP contribution >= 0.6 is 0 Å². The molecule has 1 unspecified atom stereocenters. The van der Waals surface area contributed by atoms with Gasteiger partial charge in [0.15, 0.2) is 0 Å². The van der Waals surface area contributed by atoms with Gasteiger partial charge >= 0.3 is 0 Å². The van der Waals surface area contributed by atoms with E-state index in [4.69, 9.17) is 0 Å². The highest BCUT2D eigenvalue weighted by atomic mass is 14.3. The van der Waals surface area contributed by atoms with Crippen molar-refractivity contribution in [1.29, 1.82) is 0 Å². The Morgan fingerprint density at radius 2 is 2.07 bits per heavy atom. The standard InChI is InChI=1S/C15H14/c1-11-5-4-8-14-9-12-6-2-3-7-13(12)10-15(11)14/h2-9,15H,10H2,1H3. The van der Waals surface area contributed by atoms with E-state index in [-0.39, 0.29) is 0 Å². The molecule has 0 nitrogen and oxygen atoms in total. The Hall–Kier alpha value is -1.56. The molecule has 2 aliphatic rings. The fraction of sp³-hybridized carbons (Fsp3) is 0.200. The minimum atomic E-state index is 0.616. The molecule has 0 fully saturated rings. The van der Waals surface area contributed by atoms with Crippen molar-refractivity contribution in [3.05, 3.63) is 64.8 Å². The average Bonchev–Trinajstić information content (AvgIpc) is 2.27. The summed E-state index contributed by atoms with van der Waals surface area (Å²) in [7, 11) is 0. The predicted octanol–water partition coefficient (Wildman–Crippen LogP) is 3.76. The van der Waals surface area contributed by atoms with Gasteiger partial charge in [-0.15, -0.1) is 0 Å². The van der Waals surface area contributed by atoms with Crippen LogP contribution in [0.1, 0.15) is 18.1 Å². The highest BCUT2D eigenvalue weighted by molar-refractivity contribution is 5.65. The van der Waals surface area contributed by atoms with Gasteiger partial charge in [-0.2, -0.15) is 0 Å². The summed E-state index contributed by atoms with van der Waals surface area (Å²) >= 11 is 0. The zero-order valence-electron chi connectivity index (χ0n) is 8.90. The normalized spacial score (nSPS) is 22.6. The van der Waals surface area contributed by atoms with Gasteiger partial charge in [-0.05, 0) is 30.0 Å². The van der Waals surface area contributed by atoms with Crippen molar-refractivity contribution in [3.8, 4) is 0 Å². The summed E-state index contributed by atoms with van der Waals surface area (Å²) in [6, 6.07) is 8.70. The van der Waals surface area contributed by atoms with Crippen molar-refractivity contribution in [3.63, 3.8) is 0 Å². The summed E-state index contributed by atoms with van der Waals surface area (Å²) < 4.78 is 0. The number of rotatable bonds is 0. The number of hydrogen-bond acceptors (Lipinski definition) is 0. The minimum Gasteiger partial charge on any atom is -0.0655 e. The molecule has 2 aliphatic carbocycles. The van der Waals surface area contributed by atoms with Gasteiger partial charge in [-0.3, -0.25) is 0 Å². The molecule has 0 heterocycles. The summed E-state index contributed by atoms with van der Waals surface area (Å²) in [4.78, 5) is 0. The zero-order chi connectivity index (χ0) is 10.3. The number of hydrogen-bond donors (Lipinski definition) is 0. The van der Waals surface area contributed by atoms with E-state index in [0.717, 1.165) is 6.42 Å². The Labute approximate surface area is 90.6 Å². The Bertz CT molecular complexity index is 487. The van der Waals surface area contributed by atoms with Gasteiger partial charge in [0.25, 0.3) is 0 Å². The highest BCUT2D eigenvalue weighted by Crippen LogP contribution is 2.35. The zero-order valence-corrected chi connectivity index (χ0v) is 8.90. The van der Waals surface area contributed by atoms with E-state index in [1.165, 1.54) is 22.3 Å². The molecule has 1 atom stereocenters. The molecule has 0 N–H and O–H groups in total. The maximum absolute atomic E-state index is 2.33. The summed E-state index contributed by atoms with van der Waals surface area (Å²) in [6.07, 6.45) is 10.1. The van der Waals surface area contributed by atoms with Crippen molar-refractivity contribution in [2.24, 2.45) is 5.92 Å². The lowest BCUT2D eigenvalue weighted by atomic mass is 9.77. The van der Waals surface area contributed by atoms with Crippen LogP contribution in [0.15, 0.2) is 53.6 Å². The van der Waals surface area contributed by atoms with Gasteiger partial charge in [-0.1, -0.05) is 54.1 Å². The van der Waals surface area contributed by atoms with Crippen molar-refractivity contribution < 1.29 is 0 Å². The molecule has 1 aromatic rings.